The van der Waals surface area contributed by atoms with Gasteiger partial charge in [-0.3, -0.25) is 0 Å². The molecule has 0 fully saturated rings. The molecule has 0 unspecified atom stereocenters. The molecule has 0 spiro atoms. The highest BCUT2D eigenvalue weighted by Gasteiger charge is 2.27. The van der Waals surface area contributed by atoms with E-state index < -0.39 is 0 Å². The molecule has 13 aromatic rings. The number of hydrogen-bond donors (Lipinski definition) is 0. The van der Waals surface area contributed by atoms with Gasteiger partial charge in [0.05, 0.1) is 62.2 Å². The van der Waals surface area contributed by atoms with E-state index >= 15 is 0 Å². The summed E-state index contributed by atoms with van der Waals surface area (Å²) in [6.07, 6.45) is 0. The smallest absolute Gasteiger partial charge is 0.211 e. The molecule has 0 saturated heterocycles. The number of fused-ring (bicyclic) bond motifs is 13. The van der Waals surface area contributed by atoms with E-state index in [0.717, 1.165) is 82.1 Å². The van der Waals surface area contributed by atoms with Crippen molar-refractivity contribution in [1.29, 1.82) is 10.5 Å². The maximum Gasteiger partial charge on any atom is 0.211 e. The molecule has 4 heterocycles. The van der Waals surface area contributed by atoms with Crippen LogP contribution in [0.5, 0.6) is 0 Å². The van der Waals surface area contributed by atoms with E-state index in [-0.39, 0.29) is 0 Å². The fourth-order valence-corrected chi connectivity index (χ4v) is 11.5. The maximum atomic E-state index is 11.5. The first-order chi connectivity index (χ1) is 31.7. The normalized spacial score (nSPS) is 11.7. The van der Waals surface area contributed by atoms with Crippen LogP contribution < -0.4 is 0 Å². The minimum atomic E-state index is 0.350. The molecule has 64 heavy (non-hydrogen) atoms. The van der Waals surface area contributed by atoms with E-state index in [2.05, 4.69) is 164 Å². The Balaban J connectivity index is 1.14. The molecule has 0 N–H and O–H groups in total. The Bertz CT molecular complexity index is 4290. The van der Waals surface area contributed by atoms with Crippen molar-refractivity contribution in [3.63, 3.8) is 0 Å². The minimum absolute atomic E-state index is 0.350. The van der Waals surface area contributed by atoms with Crippen molar-refractivity contribution in [2.24, 2.45) is 0 Å². The Morgan fingerprint density at radius 2 is 1.09 bits per heavy atom. The van der Waals surface area contributed by atoms with Crippen molar-refractivity contribution in [3.05, 3.63) is 205 Å². The van der Waals surface area contributed by atoms with Crippen LogP contribution in [0.2, 0.25) is 0 Å². The molecule has 9 aromatic carbocycles. The molecule has 0 aliphatic heterocycles. The SMILES string of the molecule is [C-]#[N+]c1ccc(-c2cccc(C#N)c2-n2c3ccccc3c3cc4sc5ccccc5c4cc32)c(C#N)c1-n1c2ccccc2c2c1ccc1c3ccccc3n(-c3ccccc3)c12. The predicted octanol–water partition coefficient (Wildman–Crippen LogP) is 15.3. The maximum absolute atomic E-state index is 11.5. The fourth-order valence-electron chi connectivity index (χ4n) is 10.3. The van der Waals surface area contributed by atoms with Gasteiger partial charge in [-0.1, -0.05) is 121 Å². The average Bonchev–Trinajstić information content (AvgIpc) is 4.08. The summed E-state index contributed by atoms with van der Waals surface area (Å²) in [5, 5.41) is 31.3. The van der Waals surface area contributed by atoms with Crippen LogP contribution in [0, 0.1) is 29.2 Å². The van der Waals surface area contributed by atoms with Crippen molar-refractivity contribution in [2.75, 3.05) is 0 Å². The van der Waals surface area contributed by atoms with Crippen LogP contribution in [0.1, 0.15) is 11.1 Å². The van der Waals surface area contributed by atoms with Gasteiger partial charge in [0, 0.05) is 69.3 Å². The number of aromatic nitrogens is 3. The summed E-state index contributed by atoms with van der Waals surface area (Å²) in [4.78, 5) is 4.10. The van der Waals surface area contributed by atoms with Crippen LogP contribution >= 0.6 is 11.3 Å². The summed E-state index contributed by atoms with van der Waals surface area (Å²) in [6.45, 7) is 8.56. The zero-order chi connectivity index (χ0) is 42.6. The lowest BCUT2D eigenvalue weighted by Crippen LogP contribution is -2.04. The predicted molar refractivity (Wildman–Crippen MR) is 263 cm³/mol. The van der Waals surface area contributed by atoms with E-state index in [4.69, 9.17) is 6.57 Å². The highest BCUT2D eigenvalue weighted by atomic mass is 32.1. The van der Waals surface area contributed by atoms with E-state index in [1.54, 1.807) is 11.3 Å². The molecule has 294 valence electrons. The average molecular weight is 831 g/mol. The second-order valence-corrected chi connectivity index (χ2v) is 17.2. The molecule has 6 nitrogen and oxygen atoms in total. The summed E-state index contributed by atoms with van der Waals surface area (Å²) >= 11 is 1.78. The number of para-hydroxylation sites is 5. The van der Waals surface area contributed by atoms with Gasteiger partial charge in [0.2, 0.25) is 5.69 Å². The largest absolute Gasteiger partial charge is 0.318 e. The van der Waals surface area contributed by atoms with Crippen molar-refractivity contribution in [2.45, 2.75) is 0 Å². The number of thiophene rings is 1. The molecule has 13 rings (SSSR count). The summed E-state index contributed by atoms with van der Waals surface area (Å²) in [6, 6.07) is 67.4. The minimum Gasteiger partial charge on any atom is -0.318 e. The highest BCUT2D eigenvalue weighted by Crippen LogP contribution is 2.47. The number of nitriles is 2. The van der Waals surface area contributed by atoms with Gasteiger partial charge in [-0.2, -0.15) is 10.5 Å². The van der Waals surface area contributed by atoms with Gasteiger partial charge in [-0.05, 0) is 60.7 Å². The second kappa shape index (κ2) is 13.5. The van der Waals surface area contributed by atoms with Crippen molar-refractivity contribution in [3.8, 4) is 40.3 Å². The van der Waals surface area contributed by atoms with Gasteiger partial charge in [0.1, 0.15) is 12.1 Å². The molecule has 0 radical (unpaired) electrons. The fraction of sp³-hybridized carbons (Fsp3) is 0. The van der Waals surface area contributed by atoms with Crippen molar-refractivity contribution >= 4 is 103 Å². The van der Waals surface area contributed by atoms with Gasteiger partial charge in [-0.15, -0.1) is 11.3 Å². The summed E-state index contributed by atoms with van der Waals surface area (Å²) in [5.41, 5.74) is 10.6. The Labute approximate surface area is 369 Å². The second-order valence-electron chi connectivity index (χ2n) is 16.1. The Morgan fingerprint density at radius 3 is 1.84 bits per heavy atom. The number of benzene rings is 9. The summed E-state index contributed by atoms with van der Waals surface area (Å²) < 4.78 is 9.06. The van der Waals surface area contributed by atoms with Crippen LogP contribution in [0.15, 0.2) is 182 Å². The topological polar surface area (TPSA) is 66.7 Å². The number of hydrogen-bond acceptors (Lipinski definition) is 3. The van der Waals surface area contributed by atoms with Gasteiger partial charge >= 0.3 is 0 Å². The molecule has 0 aliphatic carbocycles. The van der Waals surface area contributed by atoms with Crippen molar-refractivity contribution < 1.29 is 0 Å². The van der Waals surface area contributed by atoms with E-state index in [1.165, 1.54) is 14.8 Å². The third-order valence-corrected chi connectivity index (χ3v) is 14.1. The molecular weight excluding hydrogens is 801 g/mol. The first kappa shape index (κ1) is 35.8. The summed E-state index contributed by atoms with van der Waals surface area (Å²) in [5.74, 6) is 0. The first-order valence-electron chi connectivity index (χ1n) is 21.0. The van der Waals surface area contributed by atoms with Gasteiger partial charge in [-0.25, -0.2) is 4.85 Å². The van der Waals surface area contributed by atoms with Gasteiger partial charge in [0.25, 0.3) is 0 Å². The standard InChI is InChI=1S/C57H30N6S/c1-60-46-28-26-36(40-21-13-14-34(32-58)55(40)63-48-23-10-6-18-38(48)43-31-53-44(30-51(43)63)39-19-8-12-25-52(39)64-53)45(33-59)56(46)62-49-24-11-7-20-42(49)54-50(62)29-27-41-37-17-5-9-22-47(37)61(57(41)54)35-15-3-2-4-16-35/h2-31H. The molecule has 0 amide bonds. The van der Waals surface area contributed by atoms with Crippen LogP contribution in [-0.2, 0) is 0 Å². The van der Waals surface area contributed by atoms with Crippen LogP contribution in [-0.4, -0.2) is 13.7 Å². The summed E-state index contributed by atoms with van der Waals surface area (Å²) in [7, 11) is 0. The van der Waals surface area contributed by atoms with Crippen LogP contribution in [0.3, 0.4) is 0 Å². The van der Waals surface area contributed by atoms with Gasteiger partial charge in [0.15, 0.2) is 0 Å². The molecule has 4 aromatic heterocycles. The van der Waals surface area contributed by atoms with Crippen LogP contribution in [0.4, 0.5) is 5.69 Å². The third-order valence-electron chi connectivity index (χ3n) is 12.9. The molecule has 0 saturated carbocycles. The van der Waals surface area contributed by atoms with Gasteiger partial charge < -0.3 is 13.7 Å². The highest BCUT2D eigenvalue weighted by molar-refractivity contribution is 7.25. The quantitative estimate of drug-likeness (QED) is 0.166. The number of nitrogens with zero attached hydrogens (tertiary/aromatic N) is 6. The molecule has 0 bridgehead atoms. The Morgan fingerprint density at radius 1 is 0.438 bits per heavy atom. The third kappa shape index (κ3) is 4.80. The van der Waals surface area contributed by atoms with E-state index in [9.17, 15) is 10.5 Å². The number of rotatable bonds is 4. The lowest BCUT2D eigenvalue weighted by atomic mass is 9.94. The monoisotopic (exact) mass is 830 g/mol. The first-order valence-corrected chi connectivity index (χ1v) is 21.8. The zero-order valence-corrected chi connectivity index (χ0v) is 34.7. The molecule has 7 heteroatoms. The van der Waals surface area contributed by atoms with Crippen LogP contribution in [0.25, 0.3) is 119 Å². The van der Waals surface area contributed by atoms with E-state index in [1.807, 2.05) is 48.5 Å². The Kier molecular flexibility index (Phi) is 7.57. The molecule has 0 aliphatic rings. The lowest BCUT2D eigenvalue weighted by molar-refractivity contribution is 1.16. The van der Waals surface area contributed by atoms with E-state index in [0.29, 0.717) is 33.8 Å². The Hall–Kier alpha value is -8.93. The zero-order valence-electron chi connectivity index (χ0n) is 33.9. The lowest BCUT2D eigenvalue weighted by Gasteiger charge is -2.19. The molecular formula is C57H30N6S. The van der Waals surface area contributed by atoms with Crippen molar-refractivity contribution in [1.82, 2.24) is 13.7 Å². The molecule has 0 atom stereocenters.